The minimum absolute atomic E-state index is 0.0363. The van der Waals surface area contributed by atoms with E-state index in [2.05, 4.69) is 4.74 Å². The molecule has 0 N–H and O–H groups in total. The van der Waals surface area contributed by atoms with E-state index >= 15 is 0 Å². The maximum Gasteiger partial charge on any atom is 0.307 e. The van der Waals surface area contributed by atoms with Crippen LogP contribution in [0.4, 0.5) is 0 Å². The normalized spacial score (nSPS) is 10.1. The van der Waals surface area contributed by atoms with Crippen LogP contribution in [-0.2, 0) is 9.53 Å². The van der Waals surface area contributed by atoms with E-state index in [1.165, 1.54) is 7.11 Å². The number of hydrogen-bond acceptors (Lipinski definition) is 3. The molecule has 0 saturated carbocycles. The molecule has 4 nitrogen and oxygen atoms in total. The highest BCUT2D eigenvalue weighted by Gasteiger charge is 2.16. The zero-order valence-electron chi connectivity index (χ0n) is 11.8. The topological polar surface area (TPSA) is 46.6 Å². The molecule has 0 aliphatic carbocycles. The van der Waals surface area contributed by atoms with Crippen molar-refractivity contribution in [3.63, 3.8) is 0 Å². The molecule has 0 atom stereocenters. The number of nitrogens with zero attached hydrogens (tertiary/aromatic N) is 1. The predicted octanol–water partition coefficient (Wildman–Crippen LogP) is 2.41. The van der Waals surface area contributed by atoms with Crippen molar-refractivity contribution in [2.75, 3.05) is 20.2 Å². The lowest BCUT2D eigenvalue weighted by atomic mass is 10.1. The molecule has 1 aromatic carbocycles. The number of carbonyl (C=O) groups excluding carboxylic acids is 2. The highest BCUT2D eigenvalue weighted by molar-refractivity contribution is 5.94. The molecule has 4 heteroatoms. The molecule has 1 rings (SSSR count). The van der Waals surface area contributed by atoms with Crippen LogP contribution in [0.5, 0.6) is 0 Å². The van der Waals surface area contributed by atoms with Gasteiger partial charge >= 0.3 is 5.97 Å². The van der Waals surface area contributed by atoms with Gasteiger partial charge in [0.25, 0.3) is 5.91 Å². The smallest absolute Gasteiger partial charge is 0.307 e. The second kappa shape index (κ2) is 7.56. The molecule has 0 unspecified atom stereocenters. The van der Waals surface area contributed by atoms with Crippen molar-refractivity contribution >= 4 is 11.9 Å². The fourth-order valence-corrected chi connectivity index (χ4v) is 1.79. The van der Waals surface area contributed by atoms with Crippen molar-refractivity contribution in [1.29, 1.82) is 0 Å². The highest BCUT2D eigenvalue weighted by Crippen LogP contribution is 2.08. The number of carbonyl (C=O) groups is 2. The van der Waals surface area contributed by atoms with Crippen molar-refractivity contribution in [2.24, 2.45) is 0 Å². The maximum atomic E-state index is 12.3. The molecule has 1 aromatic rings. The molecule has 104 valence electrons. The molecular formula is C15H21NO3. The first-order valence-electron chi connectivity index (χ1n) is 6.51. The van der Waals surface area contributed by atoms with Crippen molar-refractivity contribution in [3.8, 4) is 0 Å². The van der Waals surface area contributed by atoms with Crippen LogP contribution in [-0.4, -0.2) is 37.0 Å². The van der Waals surface area contributed by atoms with Crippen LogP contribution < -0.4 is 0 Å². The third-order valence-corrected chi connectivity index (χ3v) is 2.89. The Hall–Kier alpha value is -1.84. The van der Waals surface area contributed by atoms with Gasteiger partial charge in [-0.25, -0.2) is 0 Å². The molecule has 0 spiro atoms. The predicted molar refractivity (Wildman–Crippen MR) is 74.0 cm³/mol. The summed E-state index contributed by atoms with van der Waals surface area (Å²) in [4.78, 5) is 25.2. The summed E-state index contributed by atoms with van der Waals surface area (Å²) >= 11 is 0. The van der Waals surface area contributed by atoms with E-state index in [4.69, 9.17) is 0 Å². The molecular weight excluding hydrogens is 242 g/mol. The van der Waals surface area contributed by atoms with Gasteiger partial charge in [0, 0.05) is 18.7 Å². The fourth-order valence-electron chi connectivity index (χ4n) is 1.79. The number of rotatable bonds is 6. The van der Waals surface area contributed by atoms with Crippen LogP contribution in [0, 0.1) is 6.92 Å². The molecule has 0 aromatic heterocycles. The number of hydrogen-bond donors (Lipinski definition) is 0. The minimum atomic E-state index is -0.294. The van der Waals surface area contributed by atoms with E-state index < -0.39 is 0 Å². The molecule has 0 bridgehead atoms. The van der Waals surface area contributed by atoms with Gasteiger partial charge in [-0.05, 0) is 25.5 Å². The average molecular weight is 263 g/mol. The first-order valence-corrected chi connectivity index (χ1v) is 6.51. The van der Waals surface area contributed by atoms with Crippen LogP contribution >= 0.6 is 0 Å². The van der Waals surface area contributed by atoms with E-state index in [1.54, 1.807) is 4.90 Å². The minimum Gasteiger partial charge on any atom is -0.469 e. The van der Waals surface area contributed by atoms with Crippen molar-refractivity contribution in [3.05, 3.63) is 35.4 Å². The lowest BCUT2D eigenvalue weighted by Gasteiger charge is -2.21. The molecule has 0 heterocycles. The summed E-state index contributed by atoms with van der Waals surface area (Å²) in [6.07, 6.45) is 1.09. The van der Waals surface area contributed by atoms with Gasteiger partial charge < -0.3 is 9.64 Å². The summed E-state index contributed by atoms with van der Waals surface area (Å²) in [6.45, 7) is 5.03. The lowest BCUT2D eigenvalue weighted by Crippen LogP contribution is -2.33. The van der Waals surface area contributed by atoms with E-state index in [-0.39, 0.29) is 18.3 Å². The largest absolute Gasteiger partial charge is 0.469 e. The second-order valence-electron chi connectivity index (χ2n) is 4.48. The van der Waals surface area contributed by atoms with E-state index in [1.807, 2.05) is 38.1 Å². The Kier molecular flexibility index (Phi) is 6.06. The summed E-state index contributed by atoms with van der Waals surface area (Å²) in [7, 11) is 1.36. The number of amides is 1. The van der Waals surface area contributed by atoms with Crippen molar-refractivity contribution < 1.29 is 14.3 Å². The van der Waals surface area contributed by atoms with Gasteiger partial charge in [-0.2, -0.15) is 0 Å². The molecule has 0 aliphatic heterocycles. The summed E-state index contributed by atoms with van der Waals surface area (Å²) in [5, 5.41) is 0. The van der Waals surface area contributed by atoms with Gasteiger partial charge in [0.05, 0.1) is 13.5 Å². The first-order chi connectivity index (χ1) is 9.08. The Labute approximate surface area is 114 Å². The average Bonchev–Trinajstić information content (AvgIpc) is 2.43. The summed E-state index contributed by atoms with van der Waals surface area (Å²) in [5.41, 5.74) is 1.78. The number of benzene rings is 1. The van der Waals surface area contributed by atoms with E-state index in [0.29, 0.717) is 18.7 Å². The first kappa shape index (κ1) is 15.2. The zero-order valence-corrected chi connectivity index (χ0v) is 11.8. The number of esters is 1. The van der Waals surface area contributed by atoms with E-state index in [0.717, 1.165) is 12.0 Å². The maximum absolute atomic E-state index is 12.3. The molecule has 19 heavy (non-hydrogen) atoms. The van der Waals surface area contributed by atoms with Crippen molar-refractivity contribution in [2.45, 2.75) is 26.7 Å². The third-order valence-electron chi connectivity index (χ3n) is 2.89. The Morgan fingerprint density at radius 3 is 2.32 bits per heavy atom. The van der Waals surface area contributed by atoms with Crippen molar-refractivity contribution in [1.82, 2.24) is 4.90 Å². The van der Waals surface area contributed by atoms with E-state index in [9.17, 15) is 9.59 Å². The molecule has 0 saturated heterocycles. The number of methoxy groups -OCH3 is 1. The second-order valence-corrected chi connectivity index (χ2v) is 4.48. The van der Waals surface area contributed by atoms with Gasteiger partial charge in [0.1, 0.15) is 0 Å². The van der Waals surface area contributed by atoms with Crippen LogP contribution in [0.2, 0.25) is 0 Å². The van der Waals surface area contributed by atoms with Crippen LogP contribution in [0.1, 0.15) is 35.7 Å². The Morgan fingerprint density at radius 1 is 1.16 bits per heavy atom. The van der Waals surface area contributed by atoms with Gasteiger partial charge in [-0.3, -0.25) is 9.59 Å². The standard InChI is InChI=1S/C15H21NO3/c1-4-10-16(11-9-14(17)19-3)15(18)13-7-5-12(2)6-8-13/h5-8H,4,9-11H2,1-3H3. The molecule has 1 amide bonds. The SMILES string of the molecule is CCCN(CCC(=O)OC)C(=O)c1ccc(C)cc1. The number of ether oxygens (including phenoxy) is 1. The molecule has 0 aliphatic rings. The Balaban J connectivity index is 2.71. The monoisotopic (exact) mass is 263 g/mol. The number of aryl methyl sites for hydroxylation is 1. The molecule has 0 fully saturated rings. The Bertz CT molecular complexity index is 426. The zero-order chi connectivity index (χ0) is 14.3. The summed E-state index contributed by atoms with van der Waals surface area (Å²) in [5.74, 6) is -0.330. The van der Waals surface area contributed by atoms with Gasteiger partial charge in [-0.1, -0.05) is 24.6 Å². The van der Waals surface area contributed by atoms with Crippen LogP contribution in [0.3, 0.4) is 0 Å². The van der Waals surface area contributed by atoms with Crippen LogP contribution in [0.25, 0.3) is 0 Å². The highest BCUT2D eigenvalue weighted by atomic mass is 16.5. The summed E-state index contributed by atoms with van der Waals surface area (Å²) < 4.78 is 4.60. The molecule has 0 radical (unpaired) electrons. The third kappa shape index (κ3) is 4.73. The van der Waals surface area contributed by atoms with Crippen LogP contribution in [0.15, 0.2) is 24.3 Å². The van der Waals surface area contributed by atoms with Gasteiger partial charge in [-0.15, -0.1) is 0 Å². The van der Waals surface area contributed by atoms with Gasteiger partial charge in [0.15, 0.2) is 0 Å². The summed E-state index contributed by atoms with van der Waals surface area (Å²) in [6, 6.07) is 7.46. The van der Waals surface area contributed by atoms with Gasteiger partial charge in [0.2, 0.25) is 0 Å². The quantitative estimate of drug-likeness (QED) is 0.740. The Morgan fingerprint density at radius 2 is 1.79 bits per heavy atom. The lowest BCUT2D eigenvalue weighted by molar-refractivity contribution is -0.140. The fraction of sp³-hybridized carbons (Fsp3) is 0.467.